The first-order valence-electron chi connectivity index (χ1n) is 8.49. The number of rotatable bonds is 4. The van der Waals surface area contributed by atoms with E-state index in [1.165, 1.54) is 0 Å². The fraction of sp³-hybridized carbons (Fsp3) is 0.0870. The number of pyridine rings is 1. The molecular weight excluding hydrogens is 322 g/mol. The molecule has 128 valence electrons. The second-order valence-corrected chi connectivity index (χ2v) is 6.21. The topological polar surface area (TPSA) is 42.4 Å². The average Bonchev–Trinajstić information content (AvgIpc) is 2.73. The van der Waals surface area contributed by atoms with Crippen molar-refractivity contribution in [2.45, 2.75) is 5.60 Å². The molecule has 1 atom stereocenters. The molecule has 0 radical (unpaired) electrons. The van der Waals surface area contributed by atoms with Crippen molar-refractivity contribution in [2.24, 2.45) is 0 Å². The third-order valence-corrected chi connectivity index (χ3v) is 4.75. The molecule has 3 nitrogen and oxygen atoms in total. The molecule has 0 bridgehead atoms. The molecule has 3 aromatic carbocycles. The maximum Gasteiger partial charge on any atom is 0.144 e. The van der Waals surface area contributed by atoms with Crippen LogP contribution in [0.3, 0.4) is 0 Å². The van der Waals surface area contributed by atoms with Crippen molar-refractivity contribution in [3.8, 4) is 5.75 Å². The molecule has 26 heavy (non-hydrogen) atoms. The van der Waals surface area contributed by atoms with Gasteiger partial charge in [-0.3, -0.25) is 4.98 Å². The van der Waals surface area contributed by atoms with Gasteiger partial charge in [0.1, 0.15) is 11.4 Å². The van der Waals surface area contributed by atoms with Crippen LogP contribution in [0.25, 0.3) is 10.8 Å². The minimum absolute atomic E-state index is 0.645. The second-order valence-electron chi connectivity index (χ2n) is 6.21. The molecular formula is C23H19NO2. The predicted octanol–water partition coefficient (Wildman–Crippen LogP) is 4.53. The maximum absolute atomic E-state index is 12.0. The molecule has 4 aromatic rings. The summed E-state index contributed by atoms with van der Waals surface area (Å²) in [4.78, 5) is 4.10. The van der Waals surface area contributed by atoms with Crippen molar-refractivity contribution in [3.63, 3.8) is 0 Å². The van der Waals surface area contributed by atoms with Crippen molar-refractivity contribution < 1.29 is 9.84 Å². The molecule has 3 heteroatoms. The summed E-state index contributed by atoms with van der Waals surface area (Å²) in [6.45, 7) is 0. The van der Waals surface area contributed by atoms with Gasteiger partial charge in [0.2, 0.25) is 0 Å². The number of hydrogen-bond acceptors (Lipinski definition) is 3. The maximum atomic E-state index is 12.0. The van der Waals surface area contributed by atoms with Gasteiger partial charge in [0, 0.05) is 18.0 Å². The van der Waals surface area contributed by atoms with Crippen LogP contribution in [-0.4, -0.2) is 17.2 Å². The van der Waals surface area contributed by atoms with E-state index in [0.29, 0.717) is 11.3 Å². The molecule has 0 unspecified atom stereocenters. The third kappa shape index (κ3) is 2.63. The Kier molecular flexibility index (Phi) is 4.15. The van der Waals surface area contributed by atoms with E-state index in [9.17, 15) is 5.11 Å². The molecule has 0 fully saturated rings. The zero-order valence-corrected chi connectivity index (χ0v) is 14.5. The van der Waals surface area contributed by atoms with Gasteiger partial charge in [0.15, 0.2) is 0 Å². The van der Waals surface area contributed by atoms with Gasteiger partial charge in [-0.2, -0.15) is 0 Å². The zero-order valence-electron chi connectivity index (χ0n) is 14.5. The number of aromatic nitrogens is 1. The molecule has 0 amide bonds. The third-order valence-electron chi connectivity index (χ3n) is 4.75. The first-order chi connectivity index (χ1) is 12.7. The Morgan fingerprint density at radius 3 is 2.00 bits per heavy atom. The molecule has 4 rings (SSSR count). The fourth-order valence-corrected chi connectivity index (χ4v) is 3.42. The predicted molar refractivity (Wildman–Crippen MR) is 103 cm³/mol. The van der Waals surface area contributed by atoms with Gasteiger partial charge in [-0.1, -0.05) is 54.6 Å². The number of fused-ring (bicyclic) bond motifs is 1. The first kappa shape index (κ1) is 16.3. The summed E-state index contributed by atoms with van der Waals surface area (Å²) < 4.78 is 5.67. The SMILES string of the molecule is COc1cc2ccccc2cc1[C@@](O)(c1ccccc1)c1ccncc1. The van der Waals surface area contributed by atoms with Gasteiger partial charge >= 0.3 is 0 Å². The highest BCUT2D eigenvalue weighted by atomic mass is 16.5. The van der Waals surface area contributed by atoms with Crippen LogP contribution in [0.4, 0.5) is 0 Å². The lowest BCUT2D eigenvalue weighted by Gasteiger charge is -2.31. The lowest BCUT2D eigenvalue weighted by atomic mass is 9.79. The van der Waals surface area contributed by atoms with Gasteiger partial charge < -0.3 is 9.84 Å². The smallest absolute Gasteiger partial charge is 0.144 e. The number of benzene rings is 3. The monoisotopic (exact) mass is 341 g/mol. The van der Waals surface area contributed by atoms with Crippen LogP contribution in [-0.2, 0) is 5.60 Å². The molecule has 1 N–H and O–H groups in total. The van der Waals surface area contributed by atoms with Crippen LogP contribution >= 0.6 is 0 Å². The average molecular weight is 341 g/mol. The Morgan fingerprint density at radius 2 is 1.35 bits per heavy atom. The lowest BCUT2D eigenvalue weighted by molar-refractivity contribution is 0.122. The van der Waals surface area contributed by atoms with Crippen LogP contribution in [0, 0.1) is 0 Å². The van der Waals surface area contributed by atoms with Crippen LogP contribution < -0.4 is 4.74 Å². The van der Waals surface area contributed by atoms with Crippen molar-refractivity contribution in [3.05, 3.63) is 108 Å². The van der Waals surface area contributed by atoms with E-state index >= 15 is 0 Å². The van der Waals surface area contributed by atoms with E-state index in [2.05, 4.69) is 4.98 Å². The largest absolute Gasteiger partial charge is 0.496 e. The summed E-state index contributed by atoms with van der Waals surface area (Å²) in [5.74, 6) is 0.645. The van der Waals surface area contributed by atoms with Gasteiger partial charge in [-0.25, -0.2) is 0 Å². The highest BCUT2D eigenvalue weighted by Crippen LogP contribution is 2.42. The summed E-state index contributed by atoms with van der Waals surface area (Å²) in [7, 11) is 1.63. The van der Waals surface area contributed by atoms with Crippen molar-refractivity contribution in [1.82, 2.24) is 4.98 Å². The van der Waals surface area contributed by atoms with Crippen molar-refractivity contribution in [2.75, 3.05) is 7.11 Å². The van der Waals surface area contributed by atoms with Gasteiger partial charge in [-0.05, 0) is 46.2 Å². The summed E-state index contributed by atoms with van der Waals surface area (Å²) >= 11 is 0. The Hall–Kier alpha value is -3.17. The Morgan fingerprint density at radius 1 is 0.769 bits per heavy atom. The number of methoxy groups -OCH3 is 1. The zero-order chi connectivity index (χ0) is 18.0. The van der Waals surface area contributed by atoms with E-state index in [0.717, 1.165) is 21.9 Å². The molecule has 0 saturated carbocycles. The highest BCUT2D eigenvalue weighted by molar-refractivity contribution is 5.85. The first-order valence-corrected chi connectivity index (χ1v) is 8.49. The van der Waals surface area contributed by atoms with E-state index in [4.69, 9.17) is 4.74 Å². The molecule has 0 aliphatic heterocycles. The van der Waals surface area contributed by atoms with E-state index < -0.39 is 5.60 Å². The Bertz CT molecular complexity index is 990. The quantitative estimate of drug-likeness (QED) is 0.593. The number of aliphatic hydroxyl groups is 1. The molecule has 1 aromatic heterocycles. The van der Waals surface area contributed by atoms with Crippen molar-refractivity contribution in [1.29, 1.82) is 0 Å². The number of ether oxygens (including phenoxy) is 1. The van der Waals surface area contributed by atoms with Crippen LogP contribution in [0.2, 0.25) is 0 Å². The van der Waals surface area contributed by atoms with Crippen LogP contribution in [0.5, 0.6) is 5.75 Å². The van der Waals surface area contributed by atoms with Gasteiger partial charge in [0.05, 0.1) is 7.11 Å². The molecule has 0 spiro atoms. The fourth-order valence-electron chi connectivity index (χ4n) is 3.42. The molecule has 1 heterocycles. The van der Waals surface area contributed by atoms with Crippen LogP contribution in [0.1, 0.15) is 16.7 Å². The van der Waals surface area contributed by atoms with E-state index in [1.807, 2.05) is 78.9 Å². The molecule has 0 saturated heterocycles. The number of hydrogen-bond donors (Lipinski definition) is 1. The minimum Gasteiger partial charge on any atom is -0.496 e. The minimum atomic E-state index is -1.35. The summed E-state index contributed by atoms with van der Waals surface area (Å²) in [5, 5.41) is 14.1. The summed E-state index contributed by atoms with van der Waals surface area (Å²) in [5.41, 5.74) is 0.878. The highest BCUT2D eigenvalue weighted by Gasteiger charge is 2.36. The lowest BCUT2D eigenvalue weighted by Crippen LogP contribution is -2.29. The van der Waals surface area contributed by atoms with E-state index in [1.54, 1.807) is 19.5 Å². The van der Waals surface area contributed by atoms with Gasteiger partial charge in [0.25, 0.3) is 0 Å². The number of nitrogens with zero attached hydrogens (tertiary/aromatic N) is 1. The molecule has 0 aliphatic carbocycles. The summed E-state index contributed by atoms with van der Waals surface area (Å²) in [6, 6.07) is 25.3. The standard InChI is InChI=1S/C23H19NO2/c1-26-22-16-18-8-6-5-7-17(18)15-21(22)23(25,19-9-3-2-4-10-19)20-11-13-24-14-12-20/h2-16,25H,1H3/t23-/m1/s1. The van der Waals surface area contributed by atoms with Crippen LogP contribution in [0.15, 0.2) is 91.3 Å². The normalized spacial score (nSPS) is 13.3. The second kappa shape index (κ2) is 6.62. The Balaban J connectivity index is 2.06. The molecule has 0 aliphatic rings. The van der Waals surface area contributed by atoms with Crippen molar-refractivity contribution >= 4 is 10.8 Å². The Labute approximate surface area is 152 Å². The van der Waals surface area contributed by atoms with E-state index in [-0.39, 0.29) is 0 Å². The van der Waals surface area contributed by atoms with Gasteiger partial charge in [-0.15, -0.1) is 0 Å². The summed E-state index contributed by atoms with van der Waals surface area (Å²) in [6.07, 6.45) is 3.38.